The summed E-state index contributed by atoms with van der Waals surface area (Å²) in [6.45, 7) is 5.43. The predicted molar refractivity (Wildman–Crippen MR) is 68.0 cm³/mol. The number of benzene rings is 1. The number of Topliss-reactive ketones (excluding diaryl/α,β-unsaturated/α-hetero) is 1. The molecule has 1 aromatic rings. The number of aliphatic carboxylic acids is 1. The van der Waals surface area contributed by atoms with E-state index in [0.717, 1.165) is 0 Å². The van der Waals surface area contributed by atoms with Crippen molar-refractivity contribution in [2.45, 2.75) is 33.3 Å². The fourth-order valence-corrected chi connectivity index (χ4v) is 1.63. The molecule has 98 valence electrons. The molecule has 0 aromatic heterocycles. The number of ether oxygens (including phenoxy) is 1. The maximum absolute atomic E-state index is 12.0. The number of rotatable bonds is 6. The summed E-state index contributed by atoms with van der Waals surface area (Å²) in [4.78, 5) is 22.6. The van der Waals surface area contributed by atoms with E-state index in [2.05, 4.69) is 0 Å². The Morgan fingerprint density at radius 2 is 1.94 bits per heavy atom. The van der Waals surface area contributed by atoms with Crippen LogP contribution >= 0.6 is 0 Å². The average molecular weight is 250 g/mol. The summed E-state index contributed by atoms with van der Waals surface area (Å²) in [5.41, 5.74) is 0.488. The molecule has 0 amide bonds. The van der Waals surface area contributed by atoms with Crippen molar-refractivity contribution in [2.24, 2.45) is 5.92 Å². The fraction of sp³-hybridized carbons (Fsp3) is 0.429. The van der Waals surface area contributed by atoms with E-state index in [4.69, 9.17) is 9.84 Å². The Bertz CT molecular complexity index is 437. The fourth-order valence-electron chi connectivity index (χ4n) is 1.63. The van der Waals surface area contributed by atoms with Gasteiger partial charge in [0.05, 0.1) is 12.5 Å². The van der Waals surface area contributed by atoms with E-state index in [1.165, 1.54) is 0 Å². The number of hydrogen-bond acceptors (Lipinski definition) is 3. The zero-order valence-electron chi connectivity index (χ0n) is 10.8. The van der Waals surface area contributed by atoms with Crippen molar-refractivity contribution in [3.05, 3.63) is 29.8 Å². The van der Waals surface area contributed by atoms with Gasteiger partial charge in [0.15, 0.2) is 5.78 Å². The molecular formula is C14H18O4. The van der Waals surface area contributed by atoms with Gasteiger partial charge < -0.3 is 9.84 Å². The molecule has 0 aliphatic rings. The molecule has 18 heavy (non-hydrogen) atoms. The molecule has 4 nitrogen and oxygen atoms in total. The minimum atomic E-state index is -0.967. The van der Waals surface area contributed by atoms with Crippen molar-refractivity contribution in [2.75, 3.05) is 0 Å². The van der Waals surface area contributed by atoms with Gasteiger partial charge >= 0.3 is 5.97 Å². The van der Waals surface area contributed by atoms with Crippen LogP contribution in [-0.2, 0) is 4.79 Å². The summed E-state index contributed by atoms with van der Waals surface area (Å²) in [5.74, 6) is -1.05. The van der Waals surface area contributed by atoms with Gasteiger partial charge in [0, 0.05) is 11.5 Å². The predicted octanol–water partition coefficient (Wildman–Crippen LogP) is 2.77. The highest BCUT2D eigenvalue weighted by molar-refractivity contribution is 5.99. The van der Waals surface area contributed by atoms with Crippen LogP contribution in [0, 0.1) is 5.92 Å². The van der Waals surface area contributed by atoms with Crippen LogP contribution in [0.2, 0.25) is 0 Å². The molecule has 4 heteroatoms. The number of carbonyl (C=O) groups excluding carboxylic acids is 1. The molecule has 0 saturated heterocycles. The lowest BCUT2D eigenvalue weighted by Gasteiger charge is -2.12. The number of carboxylic acid groups (broad SMARTS) is 1. The molecule has 0 aliphatic heterocycles. The standard InChI is InChI=1S/C14H18O4/c1-9(2)18-12-6-4-5-11(8-12)14(17)10(3)7-13(15)16/h4-6,8-10H,7H2,1-3H3,(H,15,16). The summed E-state index contributed by atoms with van der Waals surface area (Å²) >= 11 is 0. The third-order valence-corrected chi connectivity index (χ3v) is 2.42. The molecule has 0 bridgehead atoms. The Balaban J connectivity index is 2.82. The lowest BCUT2D eigenvalue weighted by molar-refractivity contribution is -0.137. The molecule has 1 rings (SSSR count). The monoisotopic (exact) mass is 250 g/mol. The van der Waals surface area contributed by atoms with Crippen molar-refractivity contribution in [3.63, 3.8) is 0 Å². The maximum atomic E-state index is 12.0. The lowest BCUT2D eigenvalue weighted by atomic mass is 9.96. The van der Waals surface area contributed by atoms with Crippen molar-refractivity contribution >= 4 is 11.8 Å². The molecule has 1 N–H and O–H groups in total. The van der Waals surface area contributed by atoms with Crippen molar-refractivity contribution < 1.29 is 19.4 Å². The molecule has 0 radical (unpaired) electrons. The van der Waals surface area contributed by atoms with Crippen LogP contribution in [0.15, 0.2) is 24.3 Å². The first-order valence-corrected chi connectivity index (χ1v) is 5.93. The Morgan fingerprint density at radius 1 is 1.28 bits per heavy atom. The molecule has 0 aliphatic carbocycles. The largest absolute Gasteiger partial charge is 0.491 e. The summed E-state index contributed by atoms with van der Waals surface area (Å²) in [5, 5.41) is 8.68. The van der Waals surface area contributed by atoms with Gasteiger partial charge in [0.1, 0.15) is 5.75 Å². The third-order valence-electron chi connectivity index (χ3n) is 2.42. The summed E-state index contributed by atoms with van der Waals surface area (Å²) in [7, 11) is 0. The summed E-state index contributed by atoms with van der Waals surface area (Å²) in [6.07, 6.45) is -0.125. The maximum Gasteiger partial charge on any atom is 0.304 e. The summed E-state index contributed by atoms with van der Waals surface area (Å²) in [6, 6.07) is 6.84. The number of carbonyl (C=O) groups is 2. The van der Waals surface area contributed by atoms with Crippen molar-refractivity contribution in [1.29, 1.82) is 0 Å². The third kappa shape index (κ3) is 4.20. The zero-order chi connectivity index (χ0) is 13.7. The van der Waals surface area contributed by atoms with E-state index in [9.17, 15) is 9.59 Å². The van der Waals surface area contributed by atoms with Crippen LogP contribution in [0.1, 0.15) is 37.6 Å². The van der Waals surface area contributed by atoms with Crippen LogP contribution in [-0.4, -0.2) is 23.0 Å². The first-order valence-electron chi connectivity index (χ1n) is 5.93. The van der Waals surface area contributed by atoms with Crippen LogP contribution in [0.5, 0.6) is 5.75 Å². The topological polar surface area (TPSA) is 63.6 Å². The van der Waals surface area contributed by atoms with E-state index < -0.39 is 11.9 Å². The molecule has 0 heterocycles. The zero-order valence-corrected chi connectivity index (χ0v) is 10.8. The van der Waals surface area contributed by atoms with Crippen molar-refractivity contribution in [3.8, 4) is 5.75 Å². The highest BCUT2D eigenvalue weighted by Crippen LogP contribution is 2.18. The minimum Gasteiger partial charge on any atom is -0.491 e. The quantitative estimate of drug-likeness (QED) is 0.788. The van der Waals surface area contributed by atoms with Crippen LogP contribution in [0.25, 0.3) is 0 Å². The SMILES string of the molecule is CC(C)Oc1cccc(C(=O)C(C)CC(=O)O)c1. The van der Waals surface area contributed by atoms with E-state index in [0.29, 0.717) is 11.3 Å². The van der Waals surface area contributed by atoms with Crippen LogP contribution in [0.4, 0.5) is 0 Å². The first-order chi connectivity index (χ1) is 8.40. The lowest BCUT2D eigenvalue weighted by Crippen LogP contribution is -2.15. The van der Waals surface area contributed by atoms with Gasteiger partial charge in [-0.3, -0.25) is 9.59 Å². The van der Waals surface area contributed by atoms with E-state index in [1.54, 1.807) is 31.2 Å². The van der Waals surface area contributed by atoms with Gasteiger partial charge in [-0.05, 0) is 26.0 Å². The highest BCUT2D eigenvalue weighted by atomic mass is 16.5. The van der Waals surface area contributed by atoms with E-state index in [1.807, 2.05) is 13.8 Å². The second kappa shape index (κ2) is 6.19. The Kier molecular flexibility index (Phi) is 4.89. The minimum absolute atomic E-state index is 0.0341. The van der Waals surface area contributed by atoms with Gasteiger partial charge in [0.25, 0.3) is 0 Å². The van der Waals surface area contributed by atoms with Gasteiger partial charge in [-0.25, -0.2) is 0 Å². The smallest absolute Gasteiger partial charge is 0.304 e. The van der Waals surface area contributed by atoms with Gasteiger partial charge in [-0.1, -0.05) is 19.1 Å². The molecule has 0 fully saturated rings. The van der Waals surface area contributed by atoms with Crippen LogP contribution in [0.3, 0.4) is 0 Å². The Labute approximate surface area is 107 Å². The second-order valence-corrected chi connectivity index (χ2v) is 4.56. The number of hydrogen-bond donors (Lipinski definition) is 1. The highest BCUT2D eigenvalue weighted by Gasteiger charge is 2.18. The average Bonchev–Trinajstić information content (AvgIpc) is 2.26. The number of ketones is 1. The van der Waals surface area contributed by atoms with E-state index in [-0.39, 0.29) is 18.3 Å². The number of carboxylic acids is 1. The van der Waals surface area contributed by atoms with Crippen molar-refractivity contribution in [1.82, 2.24) is 0 Å². The Morgan fingerprint density at radius 3 is 2.50 bits per heavy atom. The normalized spacial score (nSPS) is 12.2. The molecular weight excluding hydrogens is 232 g/mol. The molecule has 1 atom stereocenters. The van der Waals surface area contributed by atoms with Gasteiger partial charge in [-0.2, -0.15) is 0 Å². The molecule has 1 unspecified atom stereocenters. The van der Waals surface area contributed by atoms with E-state index >= 15 is 0 Å². The molecule has 0 spiro atoms. The second-order valence-electron chi connectivity index (χ2n) is 4.56. The van der Waals surface area contributed by atoms with Gasteiger partial charge in [0.2, 0.25) is 0 Å². The molecule has 0 saturated carbocycles. The van der Waals surface area contributed by atoms with Gasteiger partial charge in [-0.15, -0.1) is 0 Å². The van der Waals surface area contributed by atoms with Crippen LogP contribution < -0.4 is 4.74 Å². The molecule has 1 aromatic carbocycles. The summed E-state index contributed by atoms with van der Waals surface area (Å²) < 4.78 is 5.50. The first kappa shape index (κ1) is 14.2. The Hall–Kier alpha value is -1.84.